The lowest BCUT2D eigenvalue weighted by molar-refractivity contribution is 0.271. The van der Waals surface area contributed by atoms with E-state index in [1.807, 2.05) is 0 Å². The summed E-state index contributed by atoms with van der Waals surface area (Å²) in [6, 6.07) is 0. The minimum absolute atomic E-state index is 0.468. The van der Waals surface area contributed by atoms with E-state index in [1.54, 1.807) is 0 Å². The van der Waals surface area contributed by atoms with Gasteiger partial charge in [0.25, 0.3) is 0 Å². The largest absolute Gasteiger partial charge is 0.395 e. The second-order valence-electron chi connectivity index (χ2n) is 1.62. The van der Waals surface area contributed by atoms with Gasteiger partial charge in [0.15, 0.2) is 0 Å². The van der Waals surface area contributed by atoms with Crippen LogP contribution in [0.4, 0.5) is 0 Å². The second-order valence-corrected chi connectivity index (χ2v) is 3.68. The van der Waals surface area contributed by atoms with Gasteiger partial charge >= 0.3 is 7.60 Å². The highest BCUT2D eigenvalue weighted by atomic mass is 31.2. The van der Waals surface area contributed by atoms with Crippen LogP contribution in [0.25, 0.3) is 0 Å². The molecule has 0 aromatic carbocycles. The van der Waals surface area contributed by atoms with Crippen molar-refractivity contribution in [3.63, 3.8) is 0 Å². The van der Waals surface area contributed by atoms with Crippen LogP contribution in [0.3, 0.4) is 0 Å². The third-order valence-electron chi connectivity index (χ3n) is 0.838. The van der Waals surface area contributed by atoms with Crippen molar-refractivity contribution in [2.75, 3.05) is 6.61 Å². The third kappa shape index (κ3) is 2.43. The van der Waals surface area contributed by atoms with Gasteiger partial charge < -0.3 is 14.9 Å². The maximum Gasteiger partial charge on any atom is 0.330 e. The van der Waals surface area contributed by atoms with Gasteiger partial charge in [0, 0.05) is 0 Å². The van der Waals surface area contributed by atoms with Gasteiger partial charge in [-0.15, -0.1) is 0 Å². The molecule has 0 saturated carbocycles. The molecule has 0 aliphatic rings. The lowest BCUT2D eigenvalue weighted by atomic mass is 10.5. The van der Waals surface area contributed by atoms with Crippen LogP contribution in [0.15, 0.2) is 0 Å². The summed E-state index contributed by atoms with van der Waals surface area (Å²) in [5.41, 5.74) is -0.928. The van der Waals surface area contributed by atoms with Crippen molar-refractivity contribution < 1.29 is 19.5 Å². The van der Waals surface area contributed by atoms with Gasteiger partial charge in [-0.25, -0.2) is 0 Å². The van der Waals surface area contributed by atoms with E-state index in [1.165, 1.54) is 6.92 Å². The molecule has 1 atom stereocenters. The summed E-state index contributed by atoms with van der Waals surface area (Å²) in [4.78, 5) is 16.5. The van der Waals surface area contributed by atoms with E-state index in [0.29, 0.717) is 0 Å². The van der Waals surface area contributed by atoms with Crippen molar-refractivity contribution in [2.24, 2.45) is 0 Å². The van der Waals surface area contributed by atoms with Crippen molar-refractivity contribution in [1.29, 1.82) is 0 Å². The Bertz CT molecular complexity index is 106. The first-order valence-corrected chi connectivity index (χ1v) is 3.82. The minimum atomic E-state index is -4.01. The zero-order valence-electron chi connectivity index (χ0n) is 4.48. The van der Waals surface area contributed by atoms with Gasteiger partial charge in [-0.1, -0.05) is 0 Å². The van der Waals surface area contributed by atoms with Gasteiger partial charge in [-0.3, -0.25) is 4.57 Å². The molecule has 0 rings (SSSR count). The van der Waals surface area contributed by atoms with Crippen molar-refractivity contribution in [2.45, 2.75) is 12.6 Å². The molecule has 0 unspecified atom stereocenters. The second kappa shape index (κ2) is 2.60. The third-order valence-corrected chi connectivity index (χ3v) is 2.15. The van der Waals surface area contributed by atoms with Crippen LogP contribution >= 0.6 is 7.60 Å². The van der Waals surface area contributed by atoms with E-state index >= 15 is 0 Å². The first-order chi connectivity index (χ1) is 3.48. The van der Waals surface area contributed by atoms with Gasteiger partial charge in [0.05, 0.1) is 12.3 Å². The number of aliphatic hydroxyl groups is 1. The van der Waals surface area contributed by atoms with Crippen molar-refractivity contribution in [3.8, 4) is 0 Å². The molecular formula is C3H9O4P. The summed E-state index contributed by atoms with van der Waals surface area (Å²) >= 11 is 0. The Balaban J connectivity index is 3.82. The van der Waals surface area contributed by atoms with E-state index in [0.717, 1.165) is 0 Å². The molecule has 0 radical (unpaired) electrons. The van der Waals surface area contributed by atoms with Crippen LogP contribution in [-0.2, 0) is 4.57 Å². The minimum Gasteiger partial charge on any atom is -0.395 e. The van der Waals surface area contributed by atoms with Gasteiger partial charge in [-0.05, 0) is 6.92 Å². The lowest BCUT2D eigenvalue weighted by Gasteiger charge is -2.07. The maximum absolute atomic E-state index is 10.1. The van der Waals surface area contributed by atoms with Gasteiger partial charge in [-0.2, -0.15) is 0 Å². The van der Waals surface area contributed by atoms with Crippen molar-refractivity contribution in [3.05, 3.63) is 0 Å². The highest BCUT2D eigenvalue weighted by Crippen LogP contribution is 2.40. The van der Waals surface area contributed by atoms with Crippen LogP contribution in [0.2, 0.25) is 0 Å². The zero-order valence-corrected chi connectivity index (χ0v) is 5.38. The fraction of sp³-hybridized carbons (Fsp3) is 1.00. The maximum atomic E-state index is 10.1. The van der Waals surface area contributed by atoms with E-state index in [2.05, 4.69) is 0 Å². The van der Waals surface area contributed by atoms with Gasteiger partial charge in [0.1, 0.15) is 0 Å². The Morgan fingerprint density at radius 3 is 2.00 bits per heavy atom. The highest BCUT2D eigenvalue weighted by Gasteiger charge is 2.21. The summed E-state index contributed by atoms with van der Waals surface area (Å²) in [6.07, 6.45) is 0. The standard InChI is InChI=1S/C3H9O4P/c1-3(2-4)8(5,6)7/h3-4H,2H2,1H3,(H2,5,6,7)/t3-/m1/s1. The molecular weight excluding hydrogens is 131 g/mol. The smallest absolute Gasteiger partial charge is 0.330 e. The Morgan fingerprint density at radius 2 is 2.00 bits per heavy atom. The van der Waals surface area contributed by atoms with Crippen LogP contribution < -0.4 is 0 Å². The molecule has 0 amide bonds. The van der Waals surface area contributed by atoms with E-state index in [-0.39, 0.29) is 0 Å². The number of hydrogen-bond acceptors (Lipinski definition) is 2. The highest BCUT2D eigenvalue weighted by molar-refractivity contribution is 7.52. The first-order valence-electron chi connectivity index (χ1n) is 2.14. The normalized spacial score (nSPS) is 16.0. The summed E-state index contributed by atoms with van der Waals surface area (Å²) in [5.74, 6) is 0. The van der Waals surface area contributed by atoms with Crippen LogP contribution in [0.5, 0.6) is 0 Å². The SMILES string of the molecule is C[C@H](CO)P(=O)(O)O. The van der Waals surface area contributed by atoms with Crippen LogP contribution in [0.1, 0.15) is 6.92 Å². The number of aliphatic hydroxyl groups excluding tert-OH is 1. The predicted octanol–water partition coefficient (Wildman–Crippen LogP) is -0.455. The predicted molar refractivity (Wildman–Crippen MR) is 28.6 cm³/mol. The monoisotopic (exact) mass is 140 g/mol. The molecule has 50 valence electrons. The Morgan fingerprint density at radius 1 is 1.62 bits per heavy atom. The topological polar surface area (TPSA) is 77.8 Å². The summed E-state index contributed by atoms with van der Waals surface area (Å²) in [5, 5.41) is 8.18. The molecule has 0 aromatic rings. The number of rotatable bonds is 2. The molecule has 3 N–H and O–H groups in total. The molecule has 0 bridgehead atoms. The fourth-order valence-corrected chi connectivity index (χ4v) is 0.319. The molecule has 0 aliphatic heterocycles. The molecule has 0 aliphatic carbocycles. The molecule has 0 saturated heterocycles. The molecule has 0 fully saturated rings. The van der Waals surface area contributed by atoms with E-state index in [4.69, 9.17) is 14.9 Å². The lowest BCUT2D eigenvalue weighted by Crippen LogP contribution is -2.07. The molecule has 8 heavy (non-hydrogen) atoms. The number of hydrogen-bond donors (Lipinski definition) is 3. The Labute approximate surface area is 47.3 Å². The first kappa shape index (κ1) is 8.11. The molecule has 4 nitrogen and oxygen atoms in total. The summed E-state index contributed by atoms with van der Waals surface area (Å²) in [7, 11) is -4.01. The van der Waals surface area contributed by atoms with Crippen molar-refractivity contribution >= 4 is 7.60 Å². The Kier molecular flexibility index (Phi) is 2.63. The summed E-state index contributed by atoms with van der Waals surface area (Å²) < 4.78 is 10.1. The average molecular weight is 140 g/mol. The zero-order chi connectivity index (χ0) is 6.78. The van der Waals surface area contributed by atoms with Crippen LogP contribution in [-0.4, -0.2) is 27.2 Å². The fourth-order valence-electron chi connectivity index (χ4n) is 0.106. The van der Waals surface area contributed by atoms with E-state index < -0.39 is 19.9 Å². The molecule has 0 aromatic heterocycles. The van der Waals surface area contributed by atoms with Gasteiger partial charge in [0.2, 0.25) is 0 Å². The van der Waals surface area contributed by atoms with E-state index in [9.17, 15) is 4.57 Å². The van der Waals surface area contributed by atoms with Crippen molar-refractivity contribution in [1.82, 2.24) is 0 Å². The molecule has 5 heteroatoms. The molecule has 0 heterocycles. The molecule has 0 spiro atoms. The van der Waals surface area contributed by atoms with Crippen LogP contribution in [0, 0.1) is 0 Å². The Hall–Kier alpha value is 0.110. The quantitative estimate of drug-likeness (QED) is 0.454. The summed E-state index contributed by atoms with van der Waals surface area (Å²) in [6.45, 7) is 0.824. The average Bonchev–Trinajstić information content (AvgIpc) is 1.62.